The molecule has 0 aliphatic carbocycles. The second-order valence-corrected chi connectivity index (χ2v) is 2.40. The quantitative estimate of drug-likeness (QED) is 0.607. The van der Waals surface area contributed by atoms with Gasteiger partial charge >= 0.3 is 0 Å². The molecule has 0 aliphatic rings. The van der Waals surface area contributed by atoms with Gasteiger partial charge in [0.15, 0.2) is 5.82 Å². The summed E-state index contributed by atoms with van der Waals surface area (Å²) in [4.78, 5) is 7.67. The van der Waals surface area contributed by atoms with Gasteiger partial charge in [0.05, 0.1) is 5.56 Å². The van der Waals surface area contributed by atoms with Gasteiger partial charge in [0.1, 0.15) is 6.33 Å². The Hall–Kier alpha value is -1.98. The largest absolute Gasteiger partial charge is 0.244 e. The van der Waals surface area contributed by atoms with Crippen LogP contribution < -0.4 is 0 Å². The van der Waals surface area contributed by atoms with Crippen molar-refractivity contribution in [3.63, 3.8) is 0 Å². The zero-order valence-corrected chi connectivity index (χ0v) is 6.92. The lowest BCUT2D eigenvalue weighted by molar-refractivity contribution is 0.814. The van der Waals surface area contributed by atoms with Crippen LogP contribution in [0.2, 0.25) is 0 Å². The fourth-order valence-electron chi connectivity index (χ4n) is 0.809. The van der Waals surface area contributed by atoms with Crippen LogP contribution in [-0.2, 0) is 0 Å². The number of rotatable bonds is 1. The van der Waals surface area contributed by atoms with Gasteiger partial charge in [-0.25, -0.2) is 9.97 Å². The van der Waals surface area contributed by atoms with E-state index in [1.165, 1.54) is 6.33 Å². The summed E-state index contributed by atoms with van der Waals surface area (Å²) in [6, 6.07) is 0. The van der Waals surface area contributed by atoms with E-state index in [0.29, 0.717) is 17.2 Å². The zero-order valence-electron chi connectivity index (χ0n) is 6.92. The van der Waals surface area contributed by atoms with Crippen molar-refractivity contribution in [1.29, 1.82) is 0 Å². The molecule has 0 bridgehead atoms. The Morgan fingerprint density at radius 1 is 0.923 bits per heavy atom. The van der Waals surface area contributed by atoms with Crippen LogP contribution in [-0.4, -0.2) is 30.4 Å². The van der Waals surface area contributed by atoms with E-state index < -0.39 is 0 Å². The molecule has 0 unspecified atom stereocenters. The van der Waals surface area contributed by atoms with Gasteiger partial charge in [-0.05, 0) is 6.92 Å². The summed E-state index contributed by atoms with van der Waals surface area (Å²) in [5.41, 5.74) is 0.711. The Labute approximate surface area is 74.1 Å². The van der Waals surface area contributed by atoms with Crippen LogP contribution in [0.15, 0.2) is 18.7 Å². The van der Waals surface area contributed by atoms with E-state index >= 15 is 0 Å². The smallest absolute Gasteiger partial charge is 0.206 e. The van der Waals surface area contributed by atoms with Crippen molar-refractivity contribution in [2.24, 2.45) is 0 Å². The molecule has 0 aromatic carbocycles. The van der Waals surface area contributed by atoms with E-state index in [1.54, 1.807) is 19.3 Å². The Balaban J connectivity index is 2.42. The molecule has 6 nitrogen and oxygen atoms in total. The van der Waals surface area contributed by atoms with E-state index in [-0.39, 0.29) is 0 Å². The van der Waals surface area contributed by atoms with Gasteiger partial charge in [0.25, 0.3) is 0 Å². The molecular formula is C7H6N6. The zero-order chi connectivity index (χ0) is 9.10. The van der Waals surface area contributed by atoms with Crippen LogP contribution in [0.3, 0.4) is 0 Å². The first-order valence-electron chi connectivity index (χ1n) is 3.65. The van der Waals surface area contributed by atoms with Gasteiger partial charge in [0.2, 0.25) is 5.82 Å². The lowest BCUT2D eigenvalue weighted by atomic mass is 10.3. The Bertz CT molecular complexity index is 383. The molecule has 0 spiro atoms. The average Bonchev–Trinajstić information content (AvgIpc) is 2.20. The van der Waals surface area contributed by atoms with Crippen LogP contribution in [0.4, 0.5) is 0 Å². The molecule has 0 atom stereocenters. The van der Waals surface area contributed by atoms with E-state index in [9.17, 15) is 0 Å². The van der Waals surface area contributed by atoms with Crippen molar-refractivity contribution < 1.29 is 0 Å². The van der Waals surface area contributed by atoms with E-state index in [4.69, 9.17) is 0 Å². The summed E-state index contributed by atoms with van der Waals surface area (Å²) in [5, 5.41) is 15.2. The lowest BCUT2D eigenvalue weighted by Crippen LogP contribution is -1.98. The third-order valence-corrected chi connectivity index (χ3v) is 1.40. The van der Waals surface area contributed by atoms with Crippen molar-refractivity contribution in [2.75, 3.05) is 0 Å². The molecular weight excluding hydrogens is 168 g/mol. The number of nitrogens with zero attached hydrogens (tertiary/aromatic N) is 6. The number of hydrogen-bond donors (Lipinski definition) is 0. The SMILES string of the molecule is Cc1nnc(-c2cncnc2)nn1. The van der Waals surface area contributed by atoms with Crippen molar-refractivity contribution in [3.05, 3.63) is 24.5 Å². The highest BCUT2D eigenvalue weighted by Crippen LogP contribution is 2.07. The summed E-state index contributed by atoms with van der Waals surface area (Å²) >= 11 is 0. The minimum Gasteiger partial charge on any atom is -0.244 e. The number of aryl methyl sites for hydroxylation is 1. The monoisotopic (exact) mass is 174 g/mol. The van der Waals surface area contributed by atoms with E-state index in [1.807, 2.05) is 0 Å². The molecule has 2 aromatic heterocycles. The average molecular weight is 174 g/mol. The van der Waals surface area contributed by atoms with Crippen LogP contribution in [0.1, 0.15) is 5.82 Å². The molecule has 2 heterocycles. The minimum absolute atomic E-state index is 0.436. The molecule has 0 amide bonds. The Kier molecular flexibility index (Phi) is 1.87. The summed E-state index contributed by atoms with van der Waals surface area (Å²) in [5.74, 6) is 0.979. The Morgan fingerprint density at radius 2 is 1.54 bits per heavy atom. The van der Waals surface area contributed by atoms with Crippen LogP contribution in [0, 0.1) is 6.92 Å². The summed E-state index contributed by atoms with van der Waals surface area (Å²) in [7, 11) is 0. The van der Waals surface area contributed by atoms with Crippen molar-refractivity contribution >= 4 is 0 Å². The molecule has 0 fully saturated rings. The maximum Gasteiger partial charge on any atom is 0.206 e. The van der Waals surface area contributed by atoms with E-state index in [0.717, 1.165) is 0 Å². The molecule has 0 N–H and O–H groups in total. The second-order valence-electron chi connectivity index (χ2n) is 2.40. The van der Waals surface area contributed by atoms with Crippen molar-refractivity contribution in [2.45, 2.75) is 6.92 Å². The van der Waals surface area contributed by atoms with Crippen LogP contribution in [0.5, 0.6) is 0 Å². The third-order valence-electron chi connectivity index (χ3n) is 1.40. The molecule has 0 radical (unpaired) electrons. The molecule has 2 rings (SSSR count). The normalized spacial score (nSPS) is 9.92. The first-order valence-corrected chi connectivity index (χ1v) is 3.65. The third kappa shape index (κ3) is 1.61. The predicted octanol–water partition coefficient (Wildman–Crippen LogP) is 0.0320. The number of hydrogen-bond acceptors (Lipinski definition) is 6. The lowest BCUT2D eigenvalue weighted by Gasteiger charge is -1.94. The van der Waals surface area contributed by atoms with Gasteiger partial charge in [-0.1, -0.05) is 0 Å². The van der Waals surface area contributed by atoms with Crippen molar-refractivity contribution in [3.8, 4) is 11.4 Å². The van der Waals surface area contributed by atoms with Crippen LogP contribution >= 0.6 is 0 Å². The standard InChI is InChI=1S/C7H6N6/c1-5-10-12-7(13-11-5)6-2-8-4-9-3-6/h2-4H,1H3. The summed E-state index contributed by atoms with van der Waals surface area (Å²) in [6.07, 6.45) is 4.67. The first kappa shape index (κ1) is 7.66. The highest BCUT2D eigenvalue weighted by Gasteiger charge is 2.01. The number of aromatic nitrogens is 6. The first-order chi connectivity index (χ1) is 6.36. The summed E-state index contributed by atoms with van der Waals surface area (Å²) in [6.45, 7) is 1.73. The topological polar surface area (TPSA) is 77.3 Å². The van der Waals surface area contributed by atoms with Gasteiger partial charge in [-0.2, -0.15) is 0 Å². The maximum absolute atomic E-state index is 3.84. The molecule has 64 valence electrons. The molecule has 6 heteroatoms. The molecule has 0 saturated heterocycles. The fourth-order valence-corrected chi connectivity index (χ4v) is 0.809. The minimum atomic E-state index is 0.436. The highest BCUT2D eigenvalue weighted by molar-refractivity contribution is 5.49. The second kappa shape index (κ2) is 3.18. The molecule has 2 aromatic rings. The molecule has 0 saturated carbocycles. The van der Waals surface area contributed by atoms with Gasteiger partial charge in [-0.15, -0.1) is 20.4 Å². The maximum atomic E-state index is 3.84. The summed E-state index contributed by atoms with van der Waals surface area (Å²) < 4.78 is 0. The van der Waals surface area contributed by atoms with Gasteiger partial charge < -0.3 is 0 Å². The van der Waals surface area contributed by atoms with Crippen LogP contribution in [0.25, 0.3) is 11.4 Å². The molecule has 0 aliphatic heterocycles. The van der Waals surface area contributed by atoms with Gasteiger partial charge in [0, 0.05) is 12.4 Å². The molecule has 13 heavy (non-hydrogen) atoms. The van der Waals surface area contributed by atoms with Gasteiger partial charge in [-0.3, -0.25) is 0 Å². The van der Waals surface area contributed by atoms with Crippen molar-refractivity contribution in [1.82, 2.24) is 30.4 Å². The van der Waals surface area contributed by atoms with E-state index in [2.05, 4.69) is 30.4 Å². The highest BCUT2D eigenvalue weighted by atomic mass is 15.3. The fraction of sp³-hybridized carbons (Fsp3) is 0.143. The Morgan fingerprint density at radius 3 is 2.15 bits per heavy atom. The predicted molar refractivity (Wildman–Crippen MR) is 43.4 cm³/mol.